The smallest absolute Gasteiger partial charge is 0.186 e. The average Bonchev–Trinajstić information content (AvgIpc) is 2.49. The lowest BCUT2D eigenvalue weighted by Gasteiger charge is -2.39. The molecular formula is C13H26O8. The summed E-state index contributed by atoms with van der Waals surface area (Å²) in [6, 6.07) is 0. The molecule has 0 aromatic rings. The maximum absolute atomic E-state index is 9.72. The van der Waals surface area contributed by atoms with E-state index in [-0.39, 0.29) is 13.2 Å². The monoisotopic (exact) mass is 310 g/mol. The third kappa shape index (κ3) is 6.13. The average molecular weight is 310 g/mol. The molecule has 1 heterocycles. The fourth-order valence-electron chi connectivity index (χ4n) is 1.89. The van der Waals surface area contributed by atoms with Crippen molar-refractivity contribution in [1.82, 2.24) is 0 Å². The van der Waals surface area contributed by atoms with Crippen LogP contribution in [0.15, 0.2) is 0 Å². The molecule has 1 saturated heterocycles. The zero-order valence-electron chi connectivity index (χ0n) is 12.3. The molecular weight excluding hydrogens is 284 g/mol. The summed E-state index contributed by atoms with van der Waals surface area (Å²) in [7, 11) is 0. The summed E-state index contributed by atoms with van der Waals surface area (Å²) in [4.78, 5) is 0. The van der Waals surface area contributed by atoms with Crippen molar-refractivity contribution in [3.05, 3.63) is 0 Å². The predicted octanol–water partition coefficient (Wildman–Crippen LogP) is -1.75. The largest absolute Gasteiger partial charge is 0.394 e. The highest BCUT2D eigenvalue weighted by molar-refractivity contribution is 4.88. The van der Waals surface area contributed by atoms with Gasteiger partial charge in [-0.1, -0.05) is 6.92 Å². The molecule has 3 unspecified atom stereocenters. The summed E-state index contributed by atoms with van der Waals surface area (Å²) in [5.74, 6) is 0. The molecule has 0 aromatic carbocycles. The molecule has 5 atom stereocenters. The molecule has 0 amide bonds. The Labute approximate surface area is 124 Å². The van der Waals surface area contributed by atoms with E-state index < -0.39 is 37.3 Å². The Morgan fingerprint density at radius 2 is 1.48 bits per heavy atom. The van der Waals surface area contributed by atoms with E-state index in [1.165, 1.54) is 0 Å². The van der Waals surface area contributed by atoms with Crippen LogP contribution in [0.5, 0.6) is 0 Å². The van der Waals surface area contributed by atoms with Crippen LogP contribution >= 0.6 is 0 Å². The molecule has 1 fully saturated rings. The van der Waals surface area contributed by atoms with E-state index in [4.69, 9.17) is 24.1 Å². The van der Waals surface area contributed by atoms with Gasteiger partial charge in [0, 0.05) is 6.61 Å². The minimum absolute atomic E-state index is 0.149. The van der Waals surface area contributed by atoms with Gasteiger partial charge in [0.2, 0.25) is 0 Å². The van der Waals surface area contributed by atoms with Gasteiger partial charge in [0.1, 0.15) is 24.4 Å². The molecule has 1 aliphatic heterocycles. The van der Waals surface area contributed by atoms with E-state index in [9.17, 15) is 15.3 Å². The van der Waals surface area contributed by atoms with Crippen LogP contribution in [-0.2, 0) is 18.9 Å². The first-order valence-electron chi connectivity index (χ1n) is 7.19. The molecule has 0 saturated carbocycles. The highest BCUT2D eigenvalue weighted by Crippen LogP contribution is 2.21. The first-order valence-corrected chi connectivity index (χ1v) is 7.19. The van der Waals surface area contributed by atoms with Crippen LogP contribution in [-0.4, -0.2) is 90.8 Å². The van der Waals surface area contributed by atoms with Crippen molar-refractivity contribution >= 4 is 0 Å². The van der Waals surface area contributed by atoms with Crippen LogP contribution in [0.2, 0.25) is 0 Å². The van der Waals surface area contributed by atoms with E-state index in [0.717, 1.165) is 6.42 Å². The number of hydrogen-bond acceptors (Lipinski definition) is 8. The minimum atomic E-state index is -1.43. The molecule has 0 aliphatic carbocycles. The van der Waals surface area contributed by atoms with Gasteiger partial charge in [-0.15, -0.1) is 0 Å². The van der Waals surface area contributed by atoms with Gasteiger partial charge in [-0.05, 0) is 6.42 Å². The van der Waals surface area contributed by atoms with Crippen LogP contribution < -0.4 is 0 Å². The molecule has 0 bridgehead atoms. The summed E-state index contributed by atoms with van der Waals surface area (Å²) in [6.45, 7) is 3.63. The maximum Gasteiger partial charge on any atom is 0.186 e. The molecule has 8 nitrogen and oxygen atoms in total. The van der Waals surface area contributed by atoms with Crippen molar-refractivity contribution in [2.24, 2.45) is 0 Å². The fourth-order valence-corrected chi connectivity index (χ4v) is 1.89. The van der Waals surface area contributed by atoms with Gasteiger partial charge < -0.3 is 39.4 Å². The highest BCUT2D eigenvalue weighted by Gasteiger charge is 2.43. The van der Waals surface area contributed by atoms with E-state index in [1.54, 1.807) is 0 Å². The Bertz CT molecular complexity index is 263. The van der Waals surface area contributed by atoms with E-state index in [0.29, 0.717) is 19.8 Å². The van der Waals surface area contributed by atoms with Crippen molar-refractivity contribution in [3.63, 3.8) is 0 Å². The molecule has 4 N–H and O–H groups in total. The van der Waals surface area contributed by atoms with Crippen LogP contribution in [0.1, 0.15) is 13.3 Å². The van der Waals surface area contributed by atoms with Crippen LogP contribution in [0, 0.1) is 0 Å². The lowest BCUT2D eigenvalue weighted by atomic mass is 9.99. The second kappa shape index (κ2) is 10.4. The van der Waals surface area contributed by atoms with Crippen molar-refractivity contribution in [3.8, 4) is 0 Å². The number of aliphatic hydroxyl groups is 4. The Kier molecular flexibility index (Phi) is 9.29. The van der Waals surface area contributed by atoms with Gasteiger partial charge in [0.25, 0.3) is 0 Å². The number of hydrogen-bond donors (Lipinski definition) is 4. The third-order valence-corrected chi connectivity index (χ3v) is 3.08. The zero-order valence-corrected chi connectivity index (χ0v) is 12.3. The standard InChI is InChI=1S/C13H26O8/c1-2-3-18-4-5-19-6-7-20-13-12(17)11(16)10(15)9(8-14)21-13/h9-17H,2-8H2,1H3/t9?,10-,11?,12?,13-/m0/s1. The van der Waals surface area contributed by atoms with E-state index in [1.807, 2.05) is 6.92 Å². The van der Waals surface area contributed by atoms with Gasteiger partial charge >= 0.3 is 0 Å². The summed E-state index contributed by atoms with van der Waals surface area (Å²) >= 11 is 0. The third-order valence-electron chi connectivity index (χ3n) is 3.08. The molecule has 0 aromatic heterocycles. The molecule has 8 heteroatoms. The predicted molar refractivity (Wildman–Crippen MR) is 71.6 cm³/mol. The van der Waals surface area contributed by atoms with Crippen molar-refractivity contribution in [2.75, 3.05) is 39.6 Å². The second-order valence-corrected chi connectivity index (χ2v) is 4.79. The number of ether oxygens (including phenoxy) is 4. The summed E-state index contributed by atoms with van der Waals surface area (Å²) in [5, 5.41) is 37.9. The zero-order chi connectivity index (χ0) is 15.7. The summed E-state index contributed by atoms with van der Waals surface area (Å²) < 4.78 is 20.9. The first-order chi connectivity index (χ1) is 10.1. The fraction of sp³-hybridized carbons (Fsp3) is 1.00. The highest BCUT2D eigenvalue weighted by atomic mass is 16.7. The van der Waals surface area contributed by atoms with E-state index in [2.05, 4.69) is 0 Å². The van der Waals surface area contributed by atoms with Crippen LogP contribution in [0.3, 0.4) is 0 Å². The molecule has 0 radical (unpaired) electrons. The summed E-state index contributed by atoms with van der Waals surface area (Å²) in [5.41, 5.74) is 0. The Hall–Kier alpha value is -0.320. The Morgan fingerprint density at radius 1 is 0.857 bits per heavy atom. The first kappa shape index (κ1) is 18.7. The van der Waals surface area contributed by atoms with Crippen LogP contribution in [0.25, 0.3) is 0 Å². The molecule has 1 aliphatic rings. The van der Waals surface area contributed by atoms with Gasteiger partial charge in [0.15, 0.2) is 6.29 Å². The normalized spacial score (nSPS) is 33.3. The molecule has 21 heavy (non-hydrogen) atoms. The van der Waals surface area contributed by atoms with Gasteiger partial charge in [-0.3, -0.25) is 0 Å². The number of rotatable bonds is 10. The van der Waals surface area contributed by atoms with Gasteiger partial charge in [0.05, 0.1) is 33.0 Å². The lowest BCUT2D eigenvalue weighted by Crippen LogP contribution is -2.59. The van der Waals surface area contributed by atoms with Crippen molar-refractivity contribution in [1.29, 1.82) is 0 Å². The maximum atomic E-state index is 9.72. The number of aliphatic hydroxyl groups excluding tert-OH is 4. The van der Waals surface area contributed by atoms with Crippen molar-refractivity contribution < 1.29 is 39.4 Å². The van der Waals surface area contributed by atoms with Crippen molar-refractivity contribution in [2.45, 2.75) is 44.1 Å². The quantitative estimate of drug-likeness (QED) is 0.351. The molecule has 0 spiro atoms. The molecule has 126 valence electrons. The minimum Gasteiger partial charge on any atom is -0.394 e. The van der Waals surface area contributed by atoms with Crippen LogP contribution in [0.4, 0.5) is 0 Å². The second-order valence-electron chi connectivity index (χ2n) is 4.79. The Morgan fingerprint density at radius 3 is 2.10 bits per heavy atom. The SMILES string of the molecule is CCCOCCOCCO[C@H]1OC(CO)[C@H](O)C(O)C1O. The topological polar surface area (TPSA) is 118 Å². The lowest BCUT2D eigenvalue weighted by molar-refractivity contribution is -0.302. The van der Waals surface area contributed by atoms with Gasteiger partial charge in [-0.2, -0.15) is 0 Å². The molecule has 1 rings (SSSR count). The van der Waals surface area contributed by atoms with E-state index >= 15 is 0 Å². The van der Waals surface area contributed by atoms with Gasteiger partial charge in [-0.25, -0.2) is 0 Å². The summed E-state index contributed by atoms with van der Waals surface area (Å²) in [6.07, 6.45) is -5.30. The Balaban J connectivity index is 2.16.